The molecule has 0 atom stereocenters. The molecule has 4 aromatic rings. The zero-order valence-electron chi connectivity index (χ0n) is 17.3. The van der Waals surface area contributed by atoms with E-state index in [4.69, 9.17) is 4.98 Å². The zero-order chi connectivity index (χ0) is 20.9. The molecule has 1 N–H and O–H groups in total. The highest BCUT2D eigenvalue weighted by atomic mass is 16.3. The third-order valence-electron chi connectivity index (χ3n) is 5.23. The van der Waals surface area contributed by atoms with E-state index in [1.165, 1.54) is 5.56 Å². The molecule has 0 aliphatic carbocycles. The van der Waals surface area contributed by atoms with Crippen LogP contribution in [0.5, 0.6) is 5.75 Å². The van der Waals surface area contributed by atoms with Crippen molar-refractivity contribution >= 4 is 5.82 Å². The smallest absolute Gasteiger partial charge is 0.130 e. The van der Waals surface area contributed by atoms with Crippen LogP contribution in [0.15, 0.2) is 85.2 Å². The van der Waals surface area contributed by atoms with Crippen molar-refractivity contribution in [3.8, 4) is 28.1 Å². The first-order valence-electron chi connectivity index (χ1n) is 10.2. The standard InChI is InChI=1S/C26H25N3O/c1-3-29(18-20-11-13-27-14-12-20)26-17-22(21-7-5-4-6-8-21)16-25(28-26)24-10-9-23(30)15-19(24)2/h4-17,30H,3,18H2,1-2H3. The van der Waals surface area contributed by atoms with Gasteiger partial charge < -0.3 is 10.0 Å². The average molecular weight is 396 g/mol. The van der Waals surface area contributed by atoms with Crippen LogP contribution in [0.3, 0.4) is 0 Å². The Morgan fingerprint density at radius 3 is 2.33 bits per heavy atom. The van der Waals surface area contributed by atoms with E-state index >= 15 is 0 Å². The molecule has 4 nitrogen and oxygen atoms in total. The largest absolute Gasteiger partial charge is 0.508 e. The highest BCUT2D eigenvalue weighted by Crippen LogP contribution is 2.32. The van der Waals surface area contributed by atoms with E-state index in [1.807, 2.05) is 43.6 Å². The number of nitrogens with zero attached hydrogens (tertiary/aromatic N) is 3. The predicted molar refractivity (Wildman–Crippen MR) is 122 cm³/mol. The molecule has 2 aromatic carbocycles. The quantitative estimate of drug-likeness (QED) is 0.445. The van der Waals surface area contributed by atoms with Gasteiger partial charge in [0.15, 0.2) is 0 Å². The maximum Gasteiger partial charge on any atom is 0.130 e. The maximum absolute atomic E-state index is 9.83. The Hall–Kier alpha value is -3.66. The normalized spacial score (nSPS) is 10.7. The number of phenolic OH excluding ortho intramolecular Hbond substituents is 1. The summed E-state index contributed by atoms with van der Waals surface area (Å²) in [6.07, 6.45) is 3.64. The van der Waals surface area contributed by atoms with Gasteiger partial charge in [-0.25, -0.2) is 4.98 Å². The van der Waals surface area contributed by atoms with Crippen LogP contribution in [0, 0.1) is 6.92 Å². The molecule has 0 fully saturated rings. The van der Waals surface area contributed by atoms with Crippen LogP contribution in [-0.2, 0) is 6.54 Å². The van der Waals surface area contributed by atoms with Gasteiger partial charge >= 0.3 is 0 Å². The van der Waals surface area contributed by atoms with E-state index in [2.05, 4.69) is 53.2 Å². The van der Waals surface area contributed by atoms with Gasteiger partial charge in [0.25, 0.3) is 0 Å². The molecule has 0 unspecified atom stereocenters. The number of rotatable bonds is 6. The molecule has 0 saturated carbocycles. The van der Waals surface area contributed by atoms with Crippen molar-refractivity contribution < 1.29 is 5.11 Å². The van der Waals surface area contributed by atoms with E-state index < -0.39 is 0 Å². The summed E-state index contributed by atoms with van der Waals surface area (Å²) < 4.78 is 0. The molecule has 0 aliphatic heterocycles. The topological polar surface area (TPSA) is 49.2 Å². The van der Waals surface area contributed by atoms with Gasteiger partial charge in [0.05, 0.1) is 5.69 Å². The summed E-state index contributed by atoms with van der Waals surface area (Å²) in [5, 5.41) is 9.83. The third-order valence-corrected chi connectivity index (χ3v) is 5.23. The van der Waals surface area contributed by atoms with Gasteiger partial charge in [0.1, 0.15) is 11.6 Å². The number of phenols is 1. The number of anilines is 1. The number of aryl methyl sites for hydroxylation is 1. The first-order valence-corrected chi connectivity index (χ1v) is 10.2. The van der Waals surface area contributed by atoms with Gasteiger partial charge in [-0.2, -0.15) is 0 Å². The lowest BCUT2D eigenvalue weighted by molar-refractivity contribution is 0.475. The molecule has 2 aromatic heterocycles. The number of aromatic hydroxyl groups is 1. The highest BCUT2D eigenvalue weighted by Gasteiger charge is 2.14. The zero-order valence-corrected chi connectivity index (χ0v) is 17.3. The molecule has 0 radical (unpaired) electrons. The molecule has 2 heterocycles. The van der Waals surface area contributed by atoms with Crippen LogP contribution in [0.1, 0.15) is 18.1 Å². The molecular weight excluding hydrogens is 370 g/mol. The lowest BCUT2D eigenvalue weighted by Gasteiger charge is -2.24. The summed E-state index contributed by atoms with van der Waals surface area (Å²) in [6.45, 7) is 5.74. The number of hydrogen-bond acceptors (Lipinski definition) is 4. The van der Waals surface area contributed by atoms with Gasteiger partial charge in [0.2, 0.25) is 0 Å². The van der Waals surface area contributed by atoms with Crippen LogP contribution in [0.2, 0.25) is 0 Å². The van der Waals surface area contributed by atoms with Crippen LogP contribution >= 0.6 is 0 Å². The van der Waals surface area contributed by atoms with Crippen molar-refractivity contribution in [2.75, 3.05) is 11.4 Å². The second-order valence-corrected chi connectivity index (χ2v) is 7.33. The summed E-state index contributed by atoms with van der Waals surface area (Å²) in [5.41, 5.74) is 6.39. The Labute approximate surface area is 177 Å². The summed E-state index contributed by atoms with van der Waals surface area (Å²) in [6, 6.07) is 24.1. The molecule has 30 heavy (non-hydrogen) atoms. The Kier molecular flexibility index (Phi) is 5.75. The average Bonchev–Trinajstić information content (AvgIpc) is 2.78. The van der Waals surface area contributed by atoms with Crippen molar-refractivity contribution in [2.45, 2.75) is 20.4 Å². The van der Waals surface area contributed by atoms with Crippen molar-refractivity contribution in [2.24, 2.45) is 0 Å². The first-order chi connectivity index (χ1) is 14.6. The fraction of sp³-hybridized carbons (Fsp3) is 0.154. The van der Waals surface area contributed by atoms with Crippen LogP contribution in [0.25, 0.3) is 22.4 Å². The van der Waals surface area contributed by atoms with Crippen molar-refractivity contribution in [3.05, 3.63) is 96.3 Å². The first kappa shape index (κ1) is 19.6. The van der Waals surface area contributed by atoms with Gasteiger partial charge in [-0.15, -0.1) is 0 Å². The molecule has 150 valence electrons. The second-order valence-electron chi connectivity index (χ2n) is 7.33. The van der Waals surface area contributed by atoms with E-state index in [-0.39, 0.29) is 5.75 Å². The predicted octanol–water partition coefficient (Wildman–Crippen LogP) is 5.85. The minimum absolute atomic E-state index is 0.267. The molecule has 0 amide bonds. The van der Waals surface area contributed by atoms with E-state index in [9.17, 15) is 5.11 Å². The lowest BCUT2D eigenvalue weighted by Crippen LogP contribution is -2.23. The van der Waals surface area contributed by atoms with Crippen molar-refractivity contribution in [1.29, 1.82) is 0 Å². The van der Waals surface area contributed by atoms with E-state index in [0.29, 0.717) is 0 Å². The summed E-state index contributed by atoms with van der Waals surface area (Å²) in [7, 11) is 0. The van der Waals surface area contributed by atoms with Gasteiger partial charge in [-0.1, -0.05) is 30.3 Å². The fourth-order valence-electron chi connectivity index (χ4n) is 3.61. The van der Waals surface area contributed by atoms with Crippen molar-refractivity contribution in [1.82, 2.24) is 9.97 Å². The highest BCUT2D eigenvalue weighted by molar-refractivity contribution is 5.75. The molecular formula is C26H25N3O. The fourth-order valence-corrected chi connectivity index (χ4v) is 3.61. The minimum atomic E-state index is 0.267. The molecule has 0 spiro atoms. The van der Waals surface area contributed by atoms with E-state index in [0.717, 1.165) is 46.9 Å². The van der Waals surface area contributed by atoms with Crippen molar-refractivity contribution in [3.63, 3.8) is 0 Å². The maximum atomic E-state index is 9.83. The van der Waals surface area contributed by atoms with Gasteiger partial charge in [-0.3, -0.25) is 4.98 Å². The Balaban J connectivity index is 1.82. The SMILES string of the molecule is CCN(Cc1ccncc1)c1cc(-c2ccccc2)cc(-c2ccc(O)cc2C)n1. The van der Waals surface area contributed by atoms with E-state index in [1.54, 1.807) is 12.1 Å². The summed E-state index contributed by atoms with van der Waals surface area (Å²) in [5.74, 6) is 1.20. The van der Waals surface area contributed by atoms with Crippen LogP contribution < -0.4 is 4.90 Å². The molecule has 0 saturated heterocycles. The molecule has 0 bridgehead atoms. The molecule has 0 aliphatic rings. The molecule has 4 rings (SSSR count). The number of aromatic nitrogens is 2. The second kappa shape index (κ2) is 8.78. The molecule has 4 heteroatoms. The Bertz CT molecular complexity index is 1130. The Morgan fingerprint density at radius 1 is 0.867 bits per heavy atom. The third kappa shape index (κ3) is 4.33. The monoisotopic (exact) mass is 395 g/mol. The van der Waals surface area contributed by atoms with Gasteiger partial charge in [0, 0.05) is 31.0 Å². The number of benzene rings is 2. The summed E-state index contributed by atoms with van der Waals surface area (Å²) in [4.78, 5) is 11.4. The lowest BCUT2D eigenvalue weighted by atomic mass is 10.00. The van der Waals surface area contributed by atoms with Gasteiger partial charge in [-0.05, 0) is 78.6 Å². The minimum Gasteiger partial charge on any atom is -0.508 e. The summed E-state index contributed by atoms with van der Waals surface area (Å²) >= 11 is 0. The Morgan fingerprint density at radius 2 is 1.63 bits per heavy atom. The van der Waals surface area contributed by atoms with Crippen LogP contribution in [0.4, 0.5) is 5.82 Å². The number of hydrogen-bond donors (Lipinski definition) is 1. The number of pyridine rings is 2. The van der Waals surface area contributed by atoms with Crippen LogP contribution in [-0.4, -0.2) is 21.6 Å².